The van der Waals surface area contributed by atoms with Gasteiger partial charge in [0.1, 0.15) is 11.5 Å². The Hall–Kier alpha value is -2.54. The molecule has 194 valence electrons. The van der Waals surface area contributed by atoms with Crippen molar-refractivity contribution >= 4 is 40.7 Å². The van der Waals surface area contributed by atoms with Crippen LogP contribution in [-0.2, 0) is 19.7 Å². The summed E-state index contributed by atoms with van der Waals surface area (Å²) in [5, 5.41) is 11.8. The zero-order valence-electron chi connectivity index (χ0n) is 21.5. The molecule has 8 heteroatoms. The monoisotopic (exact) mass is 533 g/mol. The van der Waals surface area contributed by atoms with E-state index < -0.39 is 17.7 Å². The lowest BCUT2D eigenvalue weighted by Crippen LogP contribution is -2.31. The van der Waals surface area contributed by atoms with Crippen LogP contribution in [0.3, 0.4) is 0 Å². The first-order chi connectivity index (χ1) is 16.9. The molecule has 1 saturated heterocycles. The van der Waals surface area contributed by atoms with Gasteiger partial charge in [-0.3, -0.25) is 9.59 Å². The highest BCUT2D eigenvalue weighted by Crippen LogP contribution is 2.43. The average molecular weight is 534 g/mol. The molecule has 1 unspecified atom stereocenters. The molecule has 0 saturated carbocycles. The van der Waals surface area contributed by atoms with E-state index in [1.54, 1.807) is 0 Å². The second-order valence-corrected chi connectivity index (χ2v) is 10.9. The van der Waals surface area contributed by atoms with Gasteiger partial charge >= 0.3 is 0 Å². The summed E-state index contributed by atoms with van der Waals surface area (Å²) in [4.78, 5) is 28.0. The summed E-state index contributed by atoms with van der Waals surface area (Å²) in [6, 6.07) is 9.90. The number of benzene rings is 2. The molecule has 6 nitrogen and oxygen atoms in total. The predicted octanol–water partition coefficient (Wildman–Crippen LogP) is 6.54. The zero-order chi connectivity index (χ0) is 26.8. The molecule has 1 heterocycles. The molecule has 1 aliphatic heterocycles. The summed E-state index contributed by atoms with van der Waals surface area (Å²) in [5.41, 5.74) is 1.86. The van der Waals surface area contributed by atoms with Crippen LogP contribution in [0, 0.1) is 0 Å². The van der Waals surface area contributed by atoms with E-state index in [1.807, 2.05) is 38.1 Å². The lowest BCUT2D eigenvalue weighted by molar-refractivity contribution is -0.140. The lowest BCUT2D eigenvalue weighted by Gasteiger charge is -2.27. The highest BCUT2D eigenvalue weighted by Gasteiger charge is 2.46. The van der Waals surface area contributed by atoms with Crippen molar-refractivity contribution in [3.8, 4) is 5.75 Å². The summed E-state index contributed by atoms with van der Waals surface area (Å²) in [6.45, 7) is 10.9. The Labute approximate surface area is 222 Å². The molecule has 0 aromatic heterocycles. The first-order valence-electron chi connectivity index (χ1n) is 11.9. The van der Waals surface area contributed by atoms with Crippen LogP contribution in [0.25, 0.3) is 5.76 Å². The number of carbonyl (C=O) groups is 2. The largest absolute Gasteiger partial charge is 0.507 e. The third kappa shape index (κ3) is 5.88. The smallest absolute Gasteiger partial charge is 0.295 e. The Morgan fingerprint density at radius 2 is 1.75 bits per heavy atom. The van der Waals surface area contributed by atoms with Gasteiger partial charge in [0.05, 0.1) is 35.4 Å². The van der Waals surface area contributed by atoms with E-state index in [2.05, 4.69) is 20.8 Å². The molecule has 0 spiro atoms. The van der Waals surface area contributed by atoms with E-state index >= 15 is 0 Å². The highest BCUT2D eigenvalue weighted by atomic mass is 35.5. The summed E-state index contributed by atoms with van der Waals surface area (Å²) in [6.07, 6.45) is 0.593. The van der Waals surface area contributed by atoms with Crippen LogP contribution < -0.4 is 4.74 Å². The molecule has 1 atom stereocenters. The minimum atomic E-state index is -0.791. The van der Waals surface area contributed by atoms with Crippen LogP contribution in [0.5, 0.6) is 5.75 Å². The van der Waals surface area contributed by atoms with E-state index in [1.165, 1.54) is 24.1 Å². The molecule has 2 aromatic rings. The maximum Gasteiger partial charge on any atom is 0.295 e. The number of nitrogens with zero attached hydrogens (tertiary/aromatic N) is 1. The van der Waals surface area contributed by atoms with Gasteiger partial charge in [-0.25, -0.2) is 0 Å². The number of ether oxygens (including phenoxy) is 2. The molecule has 0 radical (unpaired) electrons. The number of ketones is 1. The Bertz CT molecular complexity index is 1170. The lowest BCUT2D eigenvalue weighted by atomic mass is 9.85. The van der Waals surface area contributed by atoms with Crippen LogP contribution in [0.1, 0.15) is 63.8 Å². The number of halogens is 2. The quantitative estimate of drug-likeness (QED) is 0.180. The van der Waals surface area contributed by atoms with Gasteiger partial charge in [-0.15, -0.1) is 0 Å². The maximum absolute atomic E-state index is 13.3. The Morgan fingerprint density at radius 3 is 2.31 bits per heavy atom. The molecule has 0 aliphatic carbocycles. The summed E-state index contributed by atoms with van der Waals surface area (Å²) >= 11 is 12.5. The van der Waals surface area contributed by atoms with Gasteiger partial charge in [0, 0.05) is 18.2 Å². The van der Waals surface area contributed by atoms with Gasteiger partial charge in [-0.2, -0.15) is 0 Å². The van der Waals surface area contributed by atoms with Gasteiger partial charge in [-0.05, 0) is 48.9 Å². The van der Waals surface area contributed by atoms with Crippen LogP contribution >= 0.6 is 23.2 Å². The van der Waals surface area contributed by atoms with E-state index in [-0.39, 0.29) is 50.8 Å². The normalized spacial score (nSPS) is 17.8. The number of carbonyl (C=O) groups excluding carboxylic acids is 2. The van der Waals surface area contributed by atoms with Crippen molar-refractivity contribution in [3.63, 3.8) is 0 Å². The third-order valence-electron chi connectivity index (χ3n) is 6.09. The summed E-state index contributed by atoms with van der Waals surface area (Å²) < 4.78 is 11.0. The van der Waals surface area contributed by atoms with Crippen molar-refractivity contribution in [1.29, 1.82) is 0 Å². The molecular weight excluding hydrogens is 501 g/mol. The molecule has 36 heavy (non-hydrogen) atoms. The number of hydrogen-bond donors (Lipinski definition) is 1. The van der Waals surface area contributed by atoms with E-state index in [9.17, 15) is 14.7 Å². The Kier molecular flexibility index (Phi) is 8.75. The number of aliphatic hydroxyl groups is 1. The zero-order valence-corrected chi connectivity index (χ0v) is 23.0. The number of methoxy groups -OCH3 is 1. The third-order valence-corrected chi connectivity index (χ3v) is 6.59. The fourth-order valence-electron chi connectivity index (χ4n) is 4.27. The first kappa shape index (κ1) is 28.0. The van der Waals surface area contributed by atoms with Crippen molar-refractivity contribution in [2.45, 2.75) is 58.6 Å². The second-order valence-electron chi connectivity index (χ2n) is 10.1. The standard InChI is InChI=1S/C28H33Cl2NO5/c1-16(2)36-13-7-12-31-23(17-8-10-18(11-9-17)28(3,4)5)22(25(33)27(31)34)24(32)20-14-19(29)15-21(30)26(20)35-6/h8-11,14-16,23,32H,7,12-13H2,1-6H3/b24-22+. The van der Waals surface area contributed by atoms with Crippen molar-refractivity contribution in [2.24, 2.45) is 0 Å². The van der Waals surface area contributed by atoms with E-state index in [0.717, 1.165) is 5.56 Å². The minimum Gasteiger partial charge on any atom is -0.507 e. The number of hydrogen-bond acceptors (Lipinski definition) is 5. The fraction of sp³-hybridized carbons (Fsp3) is 0.429. The fourth-order valence-corrected chi connectivity index (χ4v) is 4.84. The van der Waals surface area contributed by atoms with E-state index in [0.29, 0.717) is 18.6 Å². The van der Waals surface area contributed by atoms with Crippen molar-refractivity contribution < 1.29 is 24.2 Å². The van der Waals surface area contributed by atoms with Gasteiger partial charge in [-0.1, -0.05) is 68.2 Å². The average Bonchev–Trinajstić information content (AvgIpc) is 3.05. The molecule has 1 N–H and O–H groups in total. The van der Waals surface area contributed by atoms with Gasteiger partial charge in [0.25, 0.3) is 11.7 Å². The maximum atomic E-state index is 13.3. The SMILES string of the molecule is COc1c(Cl)cc(Cl)cc1/C(O)=C1\C(=O)C(=O)N(CCCOC(C)C)C1c1ccc(C(C)(C)C)cc1. The van der Waals surface area contributed by atoms with Gasteiger partial charge in [0.2, 0.25) is 0 Å². The first-order valence-corrected chi connectivity index (χ1v) is 12.7. The van der Waals surface area contributed by atoms with Crippen LogP contribution in [0.2, 0.25) is 10.0 Å². The number of rotatable bonds is 8. The summed E-state index contributed by atoms with van der Waals surface area (Å²) in [5.74, 6) is -1.68. The molecule has 3 rings (SSSR count). The predicted molar refractivity (Wildman–Crippen MR) is 143 cm³/mol. The molecule has 2 aromatic carbocycles. The number of Topliss-reactive ketones (excluding diaryl/α,β-unsaturated/α-hetero) is 1. The van der Waals surface area contributed by atoms with Crippen LogP contribution in [0.15, 0.2) is 42.0 Å². The van der Waals surface area contributed by atoms with Crippen molar-refractivity contribution in [2.75, 3.05) is 20.3 Å². The van der Waals surface area contributed by atoms with Gasteiger partial charge in [0.15, 0.2) is 0 Å². The highest BCUT2D eigenvalue weighted by molar-refractivity contribution is 6.46. The van der Waals surface area contributed by atoms with Crippen molar-refractivity contribution in [1.82, 2.24) is 4.90 Å². The van der Waals surface area contributed by atoms with Crippen LogP contribution in [0.4, 0.5) is 0 Å². The van der Waals surface area contributed by atoms with Crippen LogP contribution in [-0.4, -0.2) is 48.1 Å². The molecule has 1 fully saturated rings. The minimum absolute atomic E-state index is 0.0371. The molecule has 1 amide bonds. The topological polar surface area (TPSA) is 76.1 Å². The van der Waals surface area contributed by atoms with E-state index in [4.69, 9.17) is 32.7 Å². The van der Waals surface area contributed by atoms with Gasteiger partial charge < -0.3 is 19.5 Å². The second kappa shape index (κ2) is 11.2. The Morgan fingerprint density at radius 1 is 1.11 bits per heavy atom. The number of aliphatic hydroxyl groups excluding tert-OH is 1. The molecule has 1 aliphatic rings. The number of likely N-dealkylation sites (tertiary alicyclic amines) is 1. The molecule has 0 bridgehead atoms. The van der Waals surface area contributed by atoms with Crippen molar-refractivity contribution in [3.05, 3.63) is 68.7 Å². The number of amides is 1. The Balaban J connectivity index is 2.15. The molecular formula is C28H33Cl2NO5. The summed E-state index contributed by atoms with van der Waals surface area (Å²) in [7, 11) is 1.40.